The quantitative estimate of drug-likeness (QED) is 0.714. The molecule has 0 aliphatic carbocycles. The number of aromatic nitrogens is 4. The van der Waals surface area contributed by atoms with Gasteiger partial charge in [0.1, 0.15) is 5.41 Å². The largest absolute Gasteiger partial charge is 0.337 e. The second kappa shape index (κ2) is 5.98. The van der Waals surface area contributed by atoms with Gasteiger partial charge in [-0.1, -0.05) is 11.3 Å². The van der Waals surface area contributed by atoms with E-state index in [2.05, 4.69) is 21.4 Å². The summed E-state index contributed by atoms with van der Waals surface area (Å²) in [6, 6.07) is 11.5. The van der Waals surface area contributed by atoms with Crippen molar-refractivity contribution in [2.45, 2.75) is 18.3 Å². The van der Waals surface area contributed by atoms with Gasteiger partial charge in [-0.2, -0.15) is 5.26 Å². The molecule has 4 heterocycles. The Morgan fingerprint density at radius 3 is 3.04 bits per heavy atom. The van der Waals surface area contributed by atoms with Crippen LogP contribution in [0.25, 0.3) is 5.52 Å². The van der Waals surface area contributed by atoms with E-state index >= 15 is 0 Å². The molecule has 7 heteroatoms. The first-order chi connectivity index (χ1) is 12.2. The van der Waals surface area contributed by atoms with Crippen molar-refractivity contribution in [3.05, 3.63) is 60.2 Å². The van der Waals surface area contributed by atoms with Crippen LogP contribution in [-0.4, -0.2) is 43.7 Å². The van der Waals surface area contributed by atoms with Crippen LogP contribution in [0.15, 0.2) is 48.9 Å². The van der Waals surface area contributed by atoms with Crippen LogP contribution < -0.4 is 0 Å². The minimum atomic E-state index is -0.753. The first-order valence-electron chi connectivity index (χ1n) is 8.14. The number of nitriles is 1. The molecule has 0 radical (unpaired) electrons. The van der Waals surface area contributed by atoms with Gasteiger partial charge in [-0.05, 0) is 37.1 Å². The summed E-state index contributed by atoms with van der Waals surface area (Å²) in [7, 11) is 0. The van der Waals surface area contributed by atoms with Crippen LogP contribution in [0.1, 0.15) is 28.9 Å². The van der Waals surface area contributed by atoms with Gasteiger partial charge in [0.15, 0.2) is 0 Å². The molecule has 1 aliphatic heterocycles. The first kappa shape index (κ1) is 15.3. The SMILES string of the molecule is N#CC1(c2ccccn2)CCCN(C(=O)c2ccn3nncc3c2)C1. The van der Waals surface area contributed by atoms with Gasteiger partial charge < -0.3 is 4.90 Å². The van der Waals surface area contributed by atoms with E-state index in [1.54, 1.807) is 40.1 Å². The van der Waals surface area contributed by atoms with E-state index in [1.165, 1.54) is 0 Å². The lowest BCUT2D eigenvalue weighted by atomic mass is 9.78. The van der Waals surface area contributed by atoms with Crippen molar-refractivity contribution >= 4 is 11.4 Å². The smallest absolute Gasteiger partial charge is 0.254 e. The molecule has 3 aromatic heterocycles. The van der Waals surface area contributed by atoms with Crippen molar-refractivity contribution in [3.8, 4) is 6.07 Å². The van der Waals surface area contributed by atoms with Crippen molar-refractivity contribution in [2.24, 2.45) is 0 Å². The number of rotatable bonds is 2. The van der Waals surface area contributed by atoms with Crippen LogP contribution in [0, 0.1) is 11.3 Å². The summed E-state index contributed by atoms with van der Waals surface area (Å²) >= 11 is 0. The fourth-order valence-corrected chi connectivity index (χ4v) is 3.38. The molecule has 25 heavy (non-hydrogen) atoms. The molecule has 4 rings (SSSR count). The number of hydrogen-bond donors (Lipinski definition) is 0. The Hall–Kier alpha value is -3.27. The Bertz CT molecular complexity index is 960. The maximum Gasteiger partial charge on any atom is 0.254 e. The molecule has 124 valence electrons. The Labute approximate surface area is 144 Å². The van der Waals surface area contributed by atoms with E-state index in [9.17, 15) is 10.1 Å². The molecule has 0 bridgehead atoms. The first-order valence-corrected chi connectivity index (χ1v) is 8.14. The lowest BCUT2D eigenvalue weighted by molar-refractivity contribution is 0.0673. The number of hydrogen-bond acceptors (Lipinski definition) is 5. The number of pyridine rings is 2. The minimum Gasteiger partial charge on any atom is -0.337 e. The normalized spacial score (nSPS) is 20.4. The van der Waals surface area contributed by atoms with Crippen molar-refractivity contribution in [1.82, 2.24) is 24.7 Å². The van der Waals surface area contributed by atoms with Crippen LogP contribution in [0.5, 0.6) is 0 Å². The van der Waals surface area contributed by atoms with Gasteiger partial charge in [0.25, 0.3) is 5.91 Å². The third-order valence-corrected chi connectivity index (χ3v) is 4.70. The highest BCUT2D eigenvalue weighted by molar-refractivity contribution is 5.95. The highest BCUT2D eigenvalue weighted by Crippen LogP contribution is 2.33. The minimum absolute atomic E-state index is 0.0843. The monoisotopic (exact) mass is 332 g/mol. The Kier molecular flexibility index (Phi) is 3.65. The summed E-state index contributed by atoms with van der Waals surface area (Å²) in [4.78, 5) is 19.1. The number of carbonyl (C=O) groups excluding carboxylic acids is 1. The summed E-state index contributed by atoms with van der Waals surface area (Å²) in [5.74, 6) is -0.0843. The predicted molar refractivity (Wildman–Crippen MR) is 89.7 cm³/mol. The van der Waals surface area contributed by atoms with Crippen LogP contribution in [0.3, 0.4) is 0 Å². The standard InChI is InChI=1S/C18H16N6O/c19-12-18(16-4-1-2-7-20-16)6-3-8-23(13-18)17(25)14-5-9-24-15(10-14)11-21-22-24/h1-2,4-5,7,9-11H,3,6,8,13H2. The van der Waals surface area contributed by atoms with Crippen molar-refractivity contribution < 1.29 is 4.79 Å². The summed E-state index contributed by atoms with van der Waals surface area (Å²) in [5, 5.41) is 17.6. The fraction of sp³-hybridized carbons (Fsp3) is 0.278. The third kappa shape index (κ3) is 2.62. The molecule has 0 aromatic carbocycles. The fourth-order valence-electron chi connectivity index (χ4n) is 3.38. The van der Waals surface area contributed by atoms with Crippen molar-refractivity contribution in [2.75, 3.05) is 13.1 Å². The number of carbonyl (C=O) groups is 1. The van der Waals surface area contributed by atoms with Gasteiger partial charge in [0.05, 0.1) is 23.5 Å². The maximum absolute atomic E-state index is 12.9. The molecule has 1 aliphatic rings. The van der Waals surface area contributed by atoms with Crippen LogP contribution in [-0.2, 0) is 5.41 Å². The molecule has 7 nitrogen and oxygen atoms in total. The molecular formula is C18H16N6O. The van der Waals surface area contributed by atoms with E-state index in [-0.39, 0.29) is 5.91 Å². The average Bonchev–Trinajstić information content (AvgIpc) is 3.16. The molecule has 1 fully saturated rings. The zero-order chi connectivity index (χ0) is 17.3. The highest BCUT2D eigenvalue weighted by Gasteiger charge is 2.40. The summed E-state index contributed by atoms with van der Waals surface area (Å²) < 4.78 is 1.61. The second-order valence-corrected chi connectivity index (χ2v) is 6.26. The molecular weight excluding hydrogens is 316 g/mol. The number of amides is 1. The molecule has 1 saturated heterocycles. The van der Waals surface area contributed by atoms with Crippen LogP contribution in [0.4, 0.5) is 0 Å². The Balaban J connectivity index is 1.64. The predicted octanol–water partition coefficient (Wildman–Crippen LogP) is 1.82. The van der Waals surface area contributed by atoms with Crippen LogP contribution in [0.2, 0.25) is 0 Å². The summed E-state index contributed by atoms with van der Waals surface area (Å²) in [6.07, 6.45) is 6.49. The molecule has 3 aromatic rings. The number of piperidine rings is 1. The topological polar surface area (TPSA) is 87.2 Å². The molecule has 0 N–H and O–H groups in total. The van der Waals surface area contributed by atoms with E-state index < -0.39 is 5.41 Å². The average molecular weight is 332 g/mol. The van der Waals surface area contributed by atoms with Crippen molar-refractivity contribution in [1.29, 1.82) is 5.26 Å². The Morgan fingerprint density at radius 1 is 1.32 bits per heavy atom. The van der Waals surface area contributed by atoms with Gasteiger partial charge in [-0.15, -0.1) is 5.10 Å². The lowest BCUT2D eigenvalue weighted by Gasteiger charge is -2.38. The molecule has 0 saturated carbocycles. The van der Waals surface area contributed by atoms with Crippen LogP contribution >= 0.6 is 0 Å². The second-order valence-electron chi connectivity index (χ2n) is 6.26. The lowest BCUT2D eigenvalue weighted by Crippen LogP contribution is -2.48. The Morgan fingerprint density at radius 2 is 2.24 bits per heavy atom. The highest BCUT2D eigenvalue weighted by atomic mass is 16.2. The molecule has 1 atom stereocenters. The van der Waals surface area contributed by atoms with Gasteiger partial charge in [-0.3, -0.25) is 9.78 Å². The van der Waals surface area contributed by atoms with E-state index in [4.69, 9.17) is 0 Å². The van der Waals surface area contributed by atoms with Gasteiger partial charge in [0.2, 0.25) is 0 Å². The molecule has 0 spiro atoms. The third-order valence-electron chi connectivity index (χ3n) is 4.70. The van der Waals surface area contributed by atoms with E-state index in [1.807, 2.05) is 18.2 Å². The van der Waals surface area contributed by atoms with E-state index in [0.29, 0.717) is 25.1 Å². The van der Waals surface area contributed by atoms with Crippen molar-refractivity contribution in [3.63, 3.8) is 0 Å². The van der Waals surface area contributed by atoms with Gasteiger partial charge in [-0.25, -0.2) is 4.52 Å². The number of nitrogens with zero attached hydrogens (tertiary/aromatic N) is 6. The number of fused-ring (bicyclic) bond motifs is 1. The summed E-state index contributed by atoms with van der Waals surface area (Å²) in [5.41, 5.74) is 1.31. The molecule has 1 unspecified atom stereocenters. The molecule has 1 amide bonds. The van der Waals surface area contributed by atoms with Gasteiger partial charge >= 0.3 is 0 Å². The summed E-state index contributed by atoms with van der Waals surface area (Å²) in [6.45, 7) is 0.986. The number of likely N-dealkylation sites (tertiary alicyclic amines) is 1. The van der Waals surface area contributed by atoms with E-state index in [0.717, 1.165) is 17.6 Å². The maximum atomic E-state index is 12.9. The zero-order valence-electron chi connectivity index (χ0n) is 13.5. The van der Waals surface area contributed by atoms with Gasteiger partial charge in [0, 0.05) is 31.0 Å². The zero-order valence-corrected chi connectivity index (χ0v) is 13.5.